The van der Waals surface area contributed by atoms with Gasteiger partial charge in [-0.1, -0.05) is 36.4 Å². The zero-order valence-corrected chi connectivity index (χ0v) is 16.7. The molecule has 2 aromatic rings. The van der Waals surface area contributed by atoms with E-state index in [1.54, 1.807) is 17.0 Å². The lowest BCUT2D eigenvalue weighted by Gasteiger charge is -2.37. The Bertz CT molecular complexity index is 909. The molecule has 0 aliphatic carbocycles. The fourth-order valence-corrected chi connectivity index (χ4v) is 4.22. The van der Waals surface area contributed by atoms with E-state index in [4.69, 9.17) is 0 Å². The van der Waals surface area contributed by atoms with Gasteiger partial charge in [0.1, 0.15) is 5.82 Å². The fourth-order valence-electron chi connectivity index (χ4n) is 4.22. The Morgan fingerprint density at radius 3 is 2.45 bits per heavy atom. The van der Waals surface area contributed by atoms with Crippen molar-refractivity contribution in [1.29, 1.82) is 0 Å². The summed E-state index contributed by atoms with van der Waals surface area (Å²) >= 11 is 0. The molecule has 2 saturated heterocycles. The van der Waals surface area contributed by atoms with Crippen LogP contribution in [-0.2, 0) is 16.1 Å². The maximum Gasteiger partial charge on any atom is 0.228 e. The first kappa shape index (κ1) is 19.4. The second-order valence-electron chi connectivity index (χ2n) is 7.87. The van der Waals surface area contributed by atoms with E-state index in [1.165, 1.54) is 6.07 Å². The summed E-state index contributed by atoms with van der Waals surface area (Å²) < 4.78 is 14.0. The van der Waals surface area contributed by atoms with Crippen LogP contribution in [0.5, 0.6) is 0 Å². The van der Waals surface area contributed by atoms with Gasteiger partial charge in [0.15, 0.2) is 0 Å². The highest BCUT2D eigenvalue weighted by atomic mass is 19.1. The van der Waals surface area contributed by atoms with Crippen LogP contribution < -0.4 is 4.90 Å². The molecule has 1 unspecified atom stereocenters. The van der Waals surface area contributed by atoms with E-state index in [-0.39, 0.29) is 30.0 Å². The van der Waals surface area contributed by atoms with Crippen molar-refractivity contribution in [2.24, 2.45) is 5.92 Å². The van der Waals surface area contributed by atoms with Crippen LogP contribution in [0.4, 0.5) is 10.1 Å². The van der Waals surface area contributed by atoms with Crippen molar-refractivity contribution in [2.75, 3.05) is 37.6 Å². The molecule has 1 atom stereocenters. The second kappa shape index (κ2) is 8.23. The van der Waals surface area contributed by atoms with Crippen molar-refractivity contribution in [3.63, 3.8) is 0 Å². The molecule has 6 heteroatoms. The summed E-state index contributed by atoms with van der Waals surface area (Å²) in [5.74, 6) is -0.442. The number of hydrogen-bond donors (Lipinski definition) is 0. The summed E-state index contributed by atoms with van der Waals surface area (Å²) in [6.07, 6.45) is 0.276. The molecule has 29 heavy (non-hydrogen) atoms. The molecule has 0 spiro atoms. The van der Waals surface area contributed by atoms with Crippen LogP contribution in [-0.4, -0.2) is 54.3 Å². The average Bonchev–Trinajstić information content (AvgIpc) is 3.10. The monoisotopic (exact) mass is 395 g/mol. The van der Waals surface area contributed by atoms with Gasteiger partial charge in [0, 0.05) is 45.7 Å². The van der Waals surface area contributed by atoms with E-state index in [0.29, 0.717) is 45.0 Å². The molecule has 0 saturated carbocycles. The molecule has 0 N–H and O–H groups in total. The number of amides is 2. The average molecular weight is 395 g/mol. The van der Waals surface area contributed by atoms with Crippen molar-refractivity contribution in [1.82, 2.24) is 9.80 Å². The van der Waals surface area contributed by atoms with Crippen molar-refractivity contribution in [3.05, 3.63) is 65.5 Å². The first-order valence-corrected chi connectivity index (χ1v) is 10.1. The summed E-state index contributed by atoms with van der Waals surface area (Å²) in [6.45, 7) is 5.36. The van der Waals surface area contributed by atoms with Crippen molar-refractivity contribution >= 4 is 17.5 Å². The van der Waals surface area contributed by atoms with Gasteiger partial charge in [-0.3, -0.25) is 9.59 Å². The predicted octanol–water partition coefficient (Wildman–Crippen LogP) is 2.83. The SMILES string of the molecule is Cc1ccccc1CN1CC(C(=O)N2CCN(c3ccccc3F)CC2)CC1=O. The van der Waals surface area contributed by atoms with Crippen LogP contribution >= 0.6 is 0 Å². The van der Waals surface area contributed by atoms with E-state index in [1.807, 2.05) is 47.1 Å². The number of nitrogens with zero attached hydrogens (tertiary/aromatic N) is 3. The number of piperazine rings is 1. The normalized spacial score (nSPS) is 19.7. The van der Waals surface area contributed by atoms with E-state index in [9.17, 15) is 14.0 Å². The predicted molar refractivity (Wildman–Crippen MR) is 110 cm³/mol. The van der Waals surface area contributed by atoms with Crippen LogP contribution in [0.25, 0.3) is 0 Å². The number of likely N-dealkylation sites (tertiary alicyclic amines) is 1. The van der Waals surface area contributed by atoms with Crippen molar-refractivity contribution in [3.8, 4) is 0 Å². The lowest BCUT2D eigenvalue weighted by Crippen LogP contribution is -2.50. The van der Waals surface area contributed by atoms with Gasteiger partial charge in [0.25, 0.3) is 0 Å². The lowest BCUT2D eigenvalue weighted by atomic mass is 10.1. The Morgan fingerprint density at radius 1 is 1.03 bits per heavy atom. The van der Waals surface area contributed by atoms with Gasteiger partial charge in [0.05, 0.1) is 11.6 Å². The zero-order valence-electron chi connectivity index (χ0n) is 16.7. The van der Waals surface area contributed by atoms with E-state index >= 15 is 0 Å². The summed E-state index contributed by atoms with van der Waals surface area (Å²) in [5, 5.41) is 0. The van der Waals surface area contributed by atoms with Crippen LogP contribution in [0.15, 0.2) is 48.5 Å². The molecule has 0 radical (unpaired) electrons. The van der Waals surface area contributed by atoms with Gasteiger partial charge in [-0.05, 0) is 30.2 Å². The van der Waals surface area contributed by atoms with Gasteiger partial charge in [0.2, 0.25) is 11.8 Å². The zero-order chi connectivity index (χ0) is 20.4. The molecule has 4 rings (SSSR count). The summed E-state index contributed by atoms with van der Waals surface area (Å²) in [7, 11) is 0. The minimum Gasteiger partial charge on any atom is -0.366 e. The van der Waals surface area contributed by atoms with E-state index < -0.39 is 0 Å². The highest BCUT2D eigenvalue weighted by Crippen LogP contribution is 2.25. The molecule has 2 amide bonds. The largest absolute Gasteiger partial charge is 0.366 e. The highest BCUT2D eigenvalue weighted by Gasteiger charge is 2.37. The molecule has 5 nitrogen and oxygen atoms in total. The van der Waals surface area contributed by atoms with Gasteiger partial charge >= 0.3 is 0 Å². The number of benzene rings is 2. The molecule has 152 valence electrons. The Balaban J connectivity index is 1.34. The third-order valence-corrected chi connectivity index (χ3v) is 5.97. The molecule has 2 aliphatic heterocycles. The van der Waals surface area contributed by atoms with Gasteiger partial charge in [-0.15, -0.1) is 0 Å². The Labute approximate surface area is 170 Å². The van der Waals surface area contributed by atoms with Crippen LogP contribution in [0.3, 0.4) is 0 Å². The van der Waals surface area contributed by atoms with E-state index in [0.717, 1.165) is 11.1 Å². The quantitative estimate of drug-likeness (QED) is 0.800. The van der Waals surface area contributed by atoms with Crippen LogP contribution in [0.2, 0.25) is 0 Å². The first-order chi connectivity index (χ1) is 14.0. The lowest BCUT2D eigenvalue weighted by molar-refractivity contribution is -0.136. The smallest absolute Gasteiger partial charge is 0.228 e. The Hall–Kier alpha value is -2.89. The number of halogens is 1. The summed E-state index contributed by atoms with van der Waals surface area (Å²) in [5.41, 5.74) is 2.85. The second-order valence-corrected chi connectivity index (χ2v) is 7.87. The number of rotatable bonds is 4. The Kier molecular flexibility index (Phi) is 5.51. The molecule has 0 bridgehead atoms. The summed E-state index contributed by atoms with van der Waals surface area (Å²) in [6, 6.07) is 14.7. The maximum absolute atomic E-state index is 14.0. The molecule has 0 aromatic heterocycles. The minimum absolute atomic E-state index is 0.0385. The highest BCUT2D eigenvalue weighted by molar-refractivity contribution is 5.89. The van der Waals surface area contributed by atoms with E-state index in [2.05, 4.69) is 0 Å². The molecular formula is C23H26FN3O2. The molecular weight excluding hydrogens is 369 g/mol. The van der Waals surface area contributed by atoms with Gasteiger partial charge < -0.3 is 14.7 Å². The minimum atomic E-state index is -0.286. The number of anilines is 1. The number of carbonyl (C=O) groups is 2. The third-order valence-electron chi connectivity index (χ3n) is 5.97. The first-order valence-electron chi connectivity index (χ1n) is 10.1. The number of carbonyl (C=O) groups excluding carboxylic acids is 2. The Morgan fingerprint density at radius 2 is 1.72 bits per heavy atom. The van der Waals surface area contributed by atoms with Crippen LogP contribution in [0.1, 0.15) is 17.5 Å². The number of hydrogen-bond acceptors (Lipinski definition) is 3. The molecule has 2 aliphatic rings. The molecule has 2 aromatic carbocycles. The maximum atomic E-state index is 14.0. The number of para-hydroxylation sites is 1. The molecule has 2 fully saturated rings. The van der Waals surface area contributed by atoms with Crippen molar-refractivity contribution < 1.29 is 14.0 Å². The summed E-state index contributed by atoms with van der Waals surface area (Å²) in [4.78, 5) is 31.0. The van der Waals surface area contributed by atoms with Crippen LogP contribution in [0, 0.1) is 18.7 Å². The standard InChI is InChI=1S/C23H26FN3O2/c1-17-6-2-3-7-18(17)15-27-16-19(14-22(27)28)23(29)26-12-10-25(11-13-26)21-9-5-4-8-20(21)24/h2-9,19H,10-16H2,1H3. The molecule has 2 heterocycles. The van der Waals surface area contributed by atoms with Gasteiger partial charge in [-0.25, -0.2) is 4.39 Å². The third kappa shape index (κ3) is 4.11. The fraction of sp³-hybridized carbons (Fsp3) is 0.391. The topological polar surface area (TPSA) is 43.9 Å². The van der Waals surface area contributed by atoms with Gasteiger partial charge in [-0.2, -0.15) is 0 Å². The number of aryl methyl sites for hydroxylation is 1. The van der Waals surface area contributed by atoms with Crippen molar-refractivity contribution in [2.45, 2.75) is 19.9 Å².